The molecule has 164 valence electrons. The summed E-state index contributed by atoms with van der Waals surface area (Å²) in [5, 5.41) is 6.16. The Kier molecular flexibility index (Phi) is 8.37. The van der Waals surface area contributed by atoms with Crippen LogP contribution in [-0.2, 0) is 11.3 Å². The van der Waals surface area contributed by atoms with Gasteiger partial charge in [0.1, 0.15) is 11.9 Å². The maximum Gasteiger partial charge on any atom is 0.253 e. The van der Waals surface area contributed by atoms with Gasteiger partial charge in [0.05, 0.1) is 21.6 Å². The van der Waals surface area contributed by atoms with E-state index in [9.17, 15) is 9.59 Å². The van der Waals surface area contributed by atoms with E-state index in [1.807, 2.05) is 31.4 Å². The van der Waals surface area contributed by atoms with E-state index in [1.54, 1.807) is 36.0 Å². The van der Waals surface area contributed by atoms with Crippen molar-refractivity contribution < 1.29 is 9.59 Å². The number of carbonyl (C=O) groups excluding carboxylic acids is 2. The van der Waals surface area contributed by atoms with Gasteiger partial charge in [-0.2, -0.15) is 11.8 Å². The van der Waals surface area contributed by atoms with Crippen LogP contribution < -0.4 is 10.6 Å². The maximum atomic E-state index is 12.8. The van der Waals surface area contributed by atoms with E-state index in [-0.39, 0.29) is 11.8 Å². The number of halogens is 1. The van der Waals surface area contributed by atoms with Gasteiger partial charge in [0.2, 0.25) is 5.91 Å². The molecule has 1 heterocycles. The number of aromatic nitrogens is 2. The van der Waals surface area contributed by atoms with Crippen molar-refractivity contribution in [3.8, 4) is 0 Å². The van der Waals surface area contributed by atoms with Gasteiger partial charge >= 0.3 is 0 Å². The van der Waals surface area contributed by atoms with Crippen molar-refractivity contribution in [2.24, 2.45) is 0 Å². The summed E-state index contributed by atoms with van der Waals surface area (Å²) in [5.74, 6) is 1.20. The number of para-hydroxylation sites is 2. The number of hydrogen-bond acceptors (Lipinski definition) is 4. The quantitative estimate of drug-likeness (QED) is 0.449. The Labute approximate surface area is 191 Å². The van der Waals surface area contributed by atoms with Crippen LogP contribution in [0, 0.1) is 6.92 Å². The highest BCUT2D eigenvalue weighted by Gasteiger charge is 2.21. The van der Waals surface area contributed by atoms with Crippen molar-refractivity contribution in [2.45, 2.75) is 32.4 Å². The summed E-state index contributed by atoms with van der Waals surface area (Å²) in [4.78, 5) is 29.9. The molecule has 3 rings (SSSR count). The van der Waals surface area contributed by atoms with E-state index in [1.165, 1.54) is 0 Å². The van der Waals surface area contributed by atoms with Crippen molar-refractivity contribution in [1.29, 1.82) is 0 Å². The first-order valence-corrected chi connectivity index (χ1v) is 12.0. The van der Waals surface area contributed by atoms with Crippen LogP contribution in [0.3, 0.4) is 0 Å². The molecule has 0 saturated carbocycles. The second-order valence-electron chi connectivity index (χ2n) is 7.23. The van der Waals surface area contributed by atoms with E-state index in [4.69, 9.17) is 11.6 Å². The molecule has 0 spiro atoms. The zero-order valence-corrected chi connectivity index (χ0v) is 19.3. The van der Waals surface area contributed by atoms with Crippen LogP contribution in [0.25, 0.3) is 11.0 Å². The van der Waals surface area contributed by atoms with Gasteiger partial charge in [-0.15, -0.1) is 0 Å². The molecular formula is C23H27ClN4O2S. The normalized spacial score (nSPS) is 12.0. The number of rotatable bonds is 10. The summed E-state index contributed by atoms with van der Waals surface area (Å²) >= 11 is 7.75. The van der Waals surface area contributed by atoms with Crippen molar-refractivity contribution >= 4 is 46.2 Å². The highest BCUT2D eigenvalue weighted by Crippen LogP contribution is 2.16. The fraction of sp³-hybridized carbons (Fsp3) is 0.348. The Hall–Kier alpha value is -2.51. The van der Waals surface area contributed by atoms with Gasteiger partial charge in [0, 0.05) is 13.1 Å². The standard InChI is InChI=1S/C23H27ClN4O2S/c1-16-26-19-10-5-6-11-21(19)28(16)14-7-13-25-23(30)20(12-15-31-2)27-22(29)17-8-3-4-9-18(17)24/h3-6,8-11,20H,7,12-15H2,1-2H3,(H,25,30)(H,27,29). The third-order valence-electron chi connectivity index (χ3n) is 5.05. The Morgan fingerprint density at radius 2 is 1.90 bits per heavy atom. The molecule has 1 unspecified atom stereocenters. The van der Waals surface area contributed by atoms with Gasteiger partial charge in [0.15, 0.2) is 0 Å². The lowest BCUT2D eigenvalue weighted by Gasteiger charge is -2.19. The number of thioether (sulfide) groups is 1. The Morgan fingerprint density at radius 3 is 2.68 bits per heavy atom. The molecule has 6 nitrogen and oxygen atoms in total. The SMILES string of the molecule is CSCCC(NC(=O)c1ccccc1Cl)C(=O)NCCCn1c(C)nc2ccccc21. The fourth-order valence-electron chi connectivity index (χ4n) is 3.44. The molecule has 31 heavy (non-hydrogen) atoms. The Morgan fingerprint density at radius 1 is 1.16 bits per heavy atom. The van der Waals surface area contributed by atoms with Crippen molar-refractivity contribution in [3.05, 3.63) is 64.9 Å². The second kappa shape index (κ2) is 11.2. The average molecular weight is 459 g/mol. The number of fused-ring (bicyclic) bond motifs is 1. The number of benzene rings is 2. The number of imidazole rings is 1. The number of nitrogens with one attached hydrogen (secondary N) is 2. The predicted octanol–water partition coefficient (Wildman–Crippen LogP) is 4.06. The van der Waals surface area contributed by atoms with Gasteiger partial charge in [-0.1, -0.05) is 35.9 Å². The van der Waals surface area contributed by atoms with Crippen LogP contribution in [0.1, 0.15) is 29.0 Å². The van der Waals surface area contributed by atoms with Crippen molar-refractivity contribution in [3.63, 3.8) is 0 Å². The Bertz CT molecular complexity index is 1050. The molecule has 0 saturated heterocycles. The summed E-state index contributed by atoms with van der Waals surface area (Å²) < 4.78 is 2.16. The lowest BCUT2D eigenvalue weighted by Crippen LogP contribution is -2.47. The monoisotopic (exact) mass is 458 g/mol. The molecule has 1 atom stereocenters. The van der Waals surface area contributed by atoms with Crippen molar-refractivity contribution in [1.82, 2.24) is 20.2 Å². The van der Waals surface area contributed by atoms with Crippen LogP contribution >= 0.6 is 23.4 Å². The van der Waals surface area contributed by atoms with E-state index in [0.717, 1.165) is 35.6 Å². The van der Waals surface area contributed by atoms with E-state index >= 15 is 0 Å². The van der Waals surface area contributed by atoms with Crippen LogP contribution in [0.15, 0.2) is 48.5 Å². The molecule has 8 heteroatoms. The topological polar surface area (TPSA) is 76.0 Å². The molecule has 0 aliphatic heterocycles. The molecule has 2 amide bonds. The molecule has 2 N–H and O–H groups in total. The summed E-state index contributed by atoms with van der Waals surface area (Å²) in [6.07, 6.45) is 3.29. The third-order valence-corrected chi connectivity index (χ3v) is 6.03. The van der Waals surface area contributed by atoms with Crippen LogP contribution in [0.4, 0.5) is 0 Å². The van der Waals surface area contributed by atoms with Crippen LogP contribution in [0.2, 0.25) is 5.02 Å². The highest BCUT2D eigenvalue weighted by atomic mass is 35.5. The number of nitrogens with zero attached hydrogens (tertiary/aromatic N) is 2. The van der Waals surface area contributed by atoms with Gasteiger partial charge in [-0.05, 0) is 56.0 Å². The number of aryl methyl sites for hydroxylation is 2. The number of carbonyl (C=O) groups is 2. The summed E-state index contributed by atoms with van der Waals surface area (Å²) in [6, 6.07) is 14.3. The van der Waals surface area contributed by atoms with Gasteiger partial charge in [0.25, 0.3) is 5.91 Å². The van der Waals surface area contributed by atoms with Crippen molar-refractivity contribution in [2.75, 3.05) is 18.6 Å². The first kappa shape index (κ1) is 23.2. The number of amides is 2. The lowest BCUT2D eigenvalue weighted by molar-refractivity contribution is -0.123. The fourth-order valence-corrected chi connectivity index (χ4v) is 4.13. The minimum absolute atomic E-state index is 0.179. The predicted molar refractivity (Wildman–Crippen MR) is 128 cm³/mol. The van der Waals surface area contributed by atoms with Crippen LogP contribution in [-0.4, -0.2) is 46.0 Å². The third kappa shape index (κ3) is 6.02. The van der Waals surface area contributed by atoms with Gasteiger partial charge < -0.3 is 15.2 Å². The first-order valence-electron chi connectivity index (χ1n) is 10.2. The minimum Gasteiger partial charge on any atom is -0.354 e. The number of hydrogen-bond donors (Lipinski definition) is 2. The van der Waals surface area contributed by atoms with E-state index in [0.29, 0.717) is 23.6 Å². The lowest BCUT2D eigenvalue weighted by atomic mass is 10.1. The van der Waals surface area contributed by atoms with Crippen LogP contribution in [0.5, 0.6) is 0 Å². The molecule has 0 bridgehead atoms. The molecule has 1 aromatic heterocycles. The summed E-state index contributed by atoms with van der Waals surface area (Å²) in [7, 11) is 0. The molecular weight excluding hydrogens is 432 g/mol. The largest absolute Gasteiger partial charge is 0.354 e. The van der Waals surface area contributed by atoms with Gasteiger partial charge in [-0.3, -0.25) is 9.59 Å². The molecule has 0 aliphatic carbocycles. The summed E-state index contributed by atoms with van der Waals surface area (Å²) in [5.41, 5.74) is 2.44. The Balaban J connectivity index is 1.56. The first-order chi connectivity index (χ1) is 15.0. The zero-order valence-electron chi connectivity index (χ0n) is 17.7. The molecule has 0 fully saturated rings. The van der Waals surface area contributed by atoms with Gasteiger partial charge in [-0.25, -0.2) is 4.98 Å². The summed E-state index contributed by atoms with van der Waals surface area (Å²) in [6.45, 7) is 3.26. The average Bonchev–Trinajstić information content (AvgIpc) is 3.09. The zero-order chi connectivity index (χ0) is 22.2. The smallest absolute Gasteiger partial charge is 0.253 e. The second-order valence-corrected chi connectivity index (χ2v) is 8.62. The minimum atomic E-state index is -0.605. The molecule has 3 aromatic rings. The van der Waals surface area contributed by atoms with E-state index in [2.05, 4.69) is 26.3 Å². The maximum absolute atomic E-state index is 12.8. The molecule has 0 radical (unpaired) electrons. The molecule has 2 aromatic carbocycles. The highest BCUT2D eigenvalue weighted by molar-refractivity contribution is 7.98. The van der Waals surface area contributed by atoms with E-state index < -0.39 is 6.04 Å². The molecule has 0 aliphatic rings.